The molecule has 40 heavy (non-hydrogen) atoms. The zero-order valence-corrected chi connectivity index (χ0v) is 22.6. The molecule has 2 aromatic rings. The third-order valence-corrected chi connectivity index (χ3v) is 5.09. The second kappa shape index (κ2) is 16.1. The smallest absolute Gasteiger partial charge is 0.348 e. The van der Waals surface area contributed by atoms with Crippen LogP contribution in [0.2, 0.25) is 0 Å². The van der Waals surface area contributed by atoms with Gasteiger partial charge in [0.15, 0.2) is 23.0 Å². The molecule has 0 aliphatic rings. The lowest BCUT2D eigenvalue weighted by Crippen LogP contribution is -2.25. The molecule has 0 amide bonds. The summed E-state index contributed by atoms with van der Waals surface area (Å²) in [5.74, 6) is -0.132. The van der Waals surface area contributed by atoms with E-state index in [2.05, 4.69) is 0 Å². The first-order chi connectivity index (χ1) is 19.3. The van der Waals surface area contributed by atoms with Gasteiger partial charge in [-0.3, -0.25) is 0 Å². The average molecular weight is 551 g/mol. The van der Waals surface area contributed by atoms with Crippen LogP contribution in [0.25, 0.3) is 12.2 Å². The van der Waals surface area contributed by atoms with E-state index in [0.717, 1.165) is 0 Å². The number of benzene rings is 2. The van der Waals surface area contributed by atoms with E-state index >= 15 is 0 Å². The van der Waals surface area contributed by atoms with Crippen LogP contribution in [0.4, 0.5) is 0 Å². The number of aliphatic hydroxyl groups is 1. The Balaban J connectivity index is 2.04. The molecule has 0 atom stereocenters. The zero-order chi connectivity index (χ0) is 29.5. The molecule has 2 aromatic carbocycles. The van der Waals surface area contributed by atoms with Gasteiger partial charge < -0.3 is 33.5 Å². The molecular weight excluding hydrogens is 520 g/mol. The summed E-state index contributed by atoms with van der Waals surface area (Å²) in [6.45, 7) is 3.33. The van der Waals surface area contributed by atoms with Crippen LogP contribution < -0.4 is 18.9 Å². The van der Waals surface area contributed by atoms with Crippen molar-refractivity contribution in [2.45, 2.75) is 20.0 Å². The molecule has 0 aliphatic heterocycles. The number of carbonyl (C=O) groups excluding carboxylic acids is 2. The maximum absolute atomic E-state index is 11.9. The molecule has 0 aromatic heterocycles. The summed E-state index contributed by atoms with van der Waals surface area (Å²) in [6.07, 6.45) is 1.72. The summed E-state index contributed by atoms with van der Waals surface area (Å²) in [5.41, 5.74) is 0.725. The summed E-state index contributed by atoms with van der Waals surface area (Å²) in [4.78, 5) is 23.7. The molecule has 0 aliphatic carbocycles. The Bertz CT molecular complexity index is 1230. The summed E-state index contributed by atoms with van der Waals surface area (Å²) in [6, 6.07) is 13.2. The van der Waals surface area contributed by atoms with Crippen LogP contribution in [-0.2, 0) is 19.1 Å². The standard InChI is InChI=1S/C29H30N2O9/c1-5-37-28(33)21(15-30)11-19-7-9-24(26(13-19)35-3)39-17-23(32)18-40-25-10-8-20(14-27(25)36-4)12-22(16-31)29(34)38-6-2/h7-14,23,32H,5-6,17-18H2,1-4H3. The summed E-state index contributed by atoms with van der Waals surface area (Å²) in [7, 11) is 2.87. The highest BCUT2D eigenvalue weighted by Crippen LogP contribution is 2.31. The molecule has 0 unspecified atom stereocenters. The number of carbonyl (C=O) groups is 2. The van der Waals surface area contributed by atoms with E-state index in [1.54, 1.807) is 50.2 Å². The van der Waals surface area contributed by atoms with Gasteiger partial charge in [0.2, 0.25) is 0 Å². The van der Waals surface area contributed by atoms with Gasteiger partial charge in [-0.25, -0.2) is 9.59 Å². The summed E-state index contributed by atoms with van der Waals surface area (Å²) in [5, 5.41) is 28.8. The van der Waals surface area contributed by atoms with Crippen molar-refractivity contribution in [1.82, 2.24) is 0 Å². The molecule has 2 rings (SSSR count). The molecule has 0 saturated heterocycles. The lowest BCUT2D eigenvalue weighted by Gasteiger charge is -2.17. The second-order valence-electron chi connectivity index (χ2n) is 7.88. The van der Waals surface area contributed by atoms with Gasteiger partial charge in [-0.05, 0) is 61.4 Å². The number of nitrogens with zero attached hydrogens (tertiary/aromatic N) is 2. The van der Waals surface area contributed by atoms with Crippen LogP contribution in [0, 0.1) is 22.7 Å². The van der Waals surface area contributed by atoms with E-state index < -0.39 is 18.0 Å². The Hall–Kier alpha value is -5.00. The second-order valence-corrected chi connectivity index (χ2v) is 7.88. The van der Waals surface area contributed by atoms with Gasteiger partial charge >= 0.3 is 11.9 Å². The number of esters is 2. The number of ether oxygens (including phenoxy) is 6. The van der Waals surface area contributed by atoms with Crippen molar-refractivity contribution in [3.8, 4) is 35.1 Å². The van der Waals surface area contributed by atoms with Crippen molar-refractivity contribution in [1.29, 1.82) is 10.5 Å². The van der Waals surface area contributed by atoms with Crippen LogP contribution in [-0.4, -0.2) is 63.8 Å². The van der Waals surface area contributed by atoms with Crippen molar-refractivity contribution < 1.29 is 43.1 Å². The van der Waals surface area contributed by atoms with Gasteiger partial charge in [0.25, 0.3) is 0 Å². The Labute approximate surface area is 232 Å². The van der Waals surface area contributed by atoms with Gasteiger partial charge in [-0.15, -0.1) is 0 Å². The fourth-order valence-electron chi connectivity index (χ4n) is 3.23. The maximum Gasteiger partial charge on any atom is 0.348 e. The maximum atomic E-state index is 11.9. The van der Waals surface area contributed by atoms with E-state index in [1.165, 1.54) is 26.4 Å². The van der Waals surface area contributed by atoms with E-state index in [9.17, 15) is 25.2 Å². The Kier molecular flexibility index (Phi) is 12.5. The van der Waals surface area contributed by atoms with Crippen LogP contribution >= 0.6 is 0 Å². The number of rotatable bonds is 14. The number of hydrogen-bond acceptors (Lipinski definition) is 11. The molecular formula is C29H30N2O9. The van der Waals surface area contributed by atoms with Crippen molar-refractivity contribution in [2.24, 2.45) is 0 Å². The van der Waals surface area contributed by atoms with Crippen LogP contribution in [0.1, 0.15) is 25.0 Å². The molecule has 0 saturated carbocycles. The molecule has 210 valence electrons. The van der Waals surface area contributed by atoms with E-state index in [0.29, 0.717) is 34.1 Å². The van der Waals surface area contributed by atoms with Gasteiger partial charge in [-0.1, -0.05) is 12.1 Å². The molecule has 0 radical (unpaired) electrons. The fraction of sp³-hybridized carbons (Fsp3) is 0.310. The van der Waals surface area contributed by atoms with Crippen molar-refractivity contribution >= 4 is 24.1 Å². The normalized spacial score (nSPS) is 11.9. The zero-order valence-electron chi connectivity index (χ0n) is 22.6. The highest BCUT2D eigenvalue weighted by atomic mass is 16.5. The van der Waals surface area contributed by atoms with Gasteiger partial charge in [0.05, 0.1) is 27.4 Å². The predicted octanol–water partition coefficient (Wildman–Crippen LogP) is 3.46. The molecule has 0 spiro atoms. The third kappa shape index (κ3) is 9.08. The van der Waals surface area contributed by atoms with E-state index in [4.69, 9.17) is 28.4 Å². The van der Waals surface area contributed by atoms with Crippen molar-refractivity contribution in [2.75, 3.05) is 40.6 Å². The minimum atomic E-state index is -1.03. The Morgan fingerprint density at radius 2 is 1.18 bits per heavy atom. The van der Waals surface area contributed by atoms with Crippen LogP contribution in [0.5, 0.6) is 23.0 Å². The van der Waals surface area contributed by atoms with E-state index in [1.807, 2.05) is 12.1 Å². The first-order valence-corrected chi connectivity index (χ1v) is 12.2. The predicted molar refractivity (Wildman–Crippen MR) is 143 cm³/mol. The molecule has 0 fully saturated rings. The van der Waals surface area contributed by atoms with Crippen molar-refractivity contribution in [3.05, 3.63) is 58.7 Å². The minimum Gasteiger partial charge on any atom is -0.493 e. The number of methoxy groups -OCH3 is 2. The summed E-state index contributed by atoms with van der Waals surface area (Å²) >= 11 is 0. The lowest BCUT2D eigenvalue weighted by atomic mass is 10.1. The Morgan fingerprint density at radius 1 is 0.775 bits per heavy atom. The minimum absolute atomic E-state index is 0.133. The lowest BCUT2D eigenvalue weighted by molar-refractivity contribution is -0.138. The molecule has 0 heterocycles. The number of hydrogen-bond donors (Lipinski definition) is 1. The average Bonchev–Trinajstić information content (AvgIpc) is 2.96. The molecule has 0 bridgehead atoms. The Morgan fingerprint density at radius 3 is 1.50 bits per heavy atom. The topological polar surface area (TPSA) is 157 Å². The fourth-order valence-corrected chi connectivity index (χ4v) is 3.23. The van der Waals surface area contributed by atoms with Crippen molar-refractivity contribution in [3.63, 3.8) is 0 Å². The highest BCUT2D eigenvalue weighted by molar-refractivity contribution is 5.98. The largest absolute Gasteiger partial charge is 0.493 e. The molecule has 11 nitrogen and oxygen atoms in total. The van der Waals surface area contributed by atoms with Gasteiger partial charge in [0, 0.05) is 0 Å². The molecule has 11 heteroatoms. The highest BCUT2D eigenvalue weighted by Gasteiger charge is 2.15. The quantitative estimate of drug-likeness (QED) is 0.209. The van der Waals surface area contributed by atoms with E-state index in [-0.39, 0.29) is 37.6 Å². The number of nitriles is 2. The first-order valence-electron chi connectivity index (χ1n) is 12.2. The van der Waals surface area contributed by atoms with Crippen LogP contribution in [0.3, 0.4) is 0 Å². The van der Waals surface area contributed by atoms with Gasteiger partial charge in [-0.2, -0.15) is 10.5 Å². The monoisotopic (exact) mass is 550 g/mol. The number of aliphatic hydroxyl groups excluding tert-OH is 1. The third-order valence-electron chi connectivity index (χ3n) is 5.09. The molecule has 1 N–H and O–H groups in total. The SMILES string of the molecule is CCOC(=O)C(C#N)=Cc1ccc(OCC(O)COc2ccc(C=C(C#N)C(=O)OCC)cc2OC)c(OC)c1. The van der Waals surface area contributed by atoms with Crippen LogP contribution in [0.15, 0.2) is 47.5 Å². The first kappa shape index (κ1) is 31.2. The van der Waals surface area contributed by atoms with Gasteiger partial charge in [0.1, 0.15) is 42.6 Å². The summed E-state index contributed by atoms with van der Waals surface area (Å²) < 4.78 is 31.8.